The molecule has 0 aliphatic carbocycles. The monoisotopic (exact) mass is 232 g/mol. The standard InChI is InChI=1S/C11H16O3S/c1-4-10(3)14-15(12,13)11-7-5-9(2)6-8-11/h5-8,10H,4H2,1-3H3/i12+2,13+2. The first-order chi connectivity index (χ1) is 6.95. The number of aryl methyl sites for hydroxylation is 1. The van der Waals surface area contributed by atoms with Crippen LogP contribution in [-0.2, 0) is 14.3 Å². The third-order valence-electron chi connectivity index (χ3n) is 2.18. The first kappa shape index (κ1) is 12.2. The summed E-state index contributed by atoms with van der Waals surface area (Å²) in [6, 6.07) is 6.64. The van der Waals surface area contributed by atoms with Gasteiger partial charge in [0, 0.05) is 0 Å². The molecule has 3 nitrogen and oxygen atoms in total. The van der Waals surface area contributed by atoms with E-state index >= 15 is 0 Å². The lowest BCUT2D eigenvalue weighted by atomic mass is 10.2. The van der Waals surface area contributed by atoms with Crippen LogP contribution >= 0.6 is 0 Å². The summed E-state index contributed by atoms with van der Waals surface area (Å²) in [5.74, 6) is 0. The Bertz CT molecular complexity index is 406. The molecule has 0 heterocycles. The summed E-state index contributed by atoms with van der Waals surface area (Å²) in [5, 5.41) is 0. The topological polar surface area (TPSA) is 43.4 Å². The fraction of sp³-hybridized carbons (Fsp3) is 0.455. The Labute approximate surface area is 91.2 Å². The Morgan fingerprint density at radius 1 is 1.27 bits per heavy atom. The smallest absolute Gasteiger partial charge is 0.263 e. The molecule has 0 fully saturated rings. The Kier molecular flexibility index (Phi) is 3.88. The van der Waals surface area contributed by atoms with Crippen molar-refractivity contribution in [1.82, 2.24) is 0 Å². The SMILES string of the molecule is CCC(C)OS(=[18O])(=[18O])c1ccc(C)cc1. The van der Waals surface area contributed by atoms with Crippen molar-refractivity contribution in [2.75, 3.05) is 0 Å². The van der Waals surface area contributed by atoms with E-state index in [-0.39, 0.29) is 11.0 Å². The van der Waals surface area contributed by atoms with Crippen molar-refractivity contribution < 1.29 is 12.6 Å². The molecule has 0 bridgehead atoms. The maximum Gasteiger partial charge on any atom is 0.297 e. The molecule has 1 aromatic carbocycles. The molecule has 0 aliphatic rings. The minimum atomic E-state index is -3.59. The van der Waals surface area contributed by atoms with E-state index in [4.69, 9.17) is 4.18 Å². The second-order valence-electron chi connectivity index (χ2n) is 3.58. The summed E-state index contributed by atoms with van der Waals surface area (Å²) in [6.07, 6.45) is 0.391. The highest BCUT2D eigenvalue weighted by atomic mass is 32.2. The van der Waals surface area contributed by atoms with Gasteiger partial charge in [0.25, 0.3) is 10.1 Å². The van der Waals surface area contributed by atoms with Crippen LogP contribution in [0.25, 0.3) is 0 Å². The molecule has 84 valence electrons. The van der Waals surface area contributed by atoms with E-state index in [0.717, 1.165) is 5.56 Å². The van der Waals surface area contributed by atoms with Crippen LogP contribution in [0.2, 0.25) is 0 Å². The molecule has 4 heteroatoms. The van der Waals surface area contributed by atoms with Crippen LogP contribution in [0.4, 0.5) is 0 Å². The third kappa shape index (κ3) is 3.32. The maximum absolute atomic E-state index is 11.7. The molecule has 1 unspecified atom stereocenters. The van der Waals surface area contributed by atoms with Crippen molar-refractivity contribution in [3.8, 4) is 0 Å². The molecule has 0 radical (unpaired) electrons. The van der Waals surface area contributed by atoms with Gasteiger partial charge in [-0.05, 0) is 32.4 Å². The second kappa shape index (κ2) is 4.77. The van der Waals surface area contributed by atoms with Crippen molar-refractivity contribution >= 4 is 10.1 Å². The van der Waals surface area contributed by atoms with E-state index in [1.54, 1.807) is 31.2 Å². The highest BCUT2D eigenvalue weighted by Crippen LogP contribution is 2.15. The first-order valence-electron chi connectivity index (χ1n) is 4.95. The van der Waals surface area contributed by atoms with E-state index in [9.17, 15) is 8.42 Å². The van der Waals surface area contributed by atoms with Gasteiger partial charge in [0.05, 0.1) is 11.0 Å². The third-order valence-corrected chi connectivity index (χ3v) is 3.61. The molecule has 0 saturated carbocycles. The molecule has 0 spiro atoms. The largest absolute Gasteiger partial charge is 0.297 e. The summed E-state index contributed by atoms with van der Waals surface area (Å²) in [5.41, 5.74) is 1.03. The zero-order valence-corrected chi connectivity index (χ0v) is 10.0. The number of benzene rings is 1. The summed E-state index contributed by atoms with van der Waals surface area (Å²) in [6.45, 7) is 5.53. The summed E-state index contributed by atoms with van der Waals surface area (Å²) in [7, 11) is -3.59. The van der Waals surface area contributed by atoms with E-state index < -0.39 is 10.1 Å². The normalized spacial score (nSPS) is 13.8. The molecular weight excluding hydrogens is 216 g/mol. The van der Waals surface area contributed by atoms with Gasteiger partial charge in [-0.15, -0.1) is 0 Å². The van der Waals surface area contributed by atoms with Gasteiger partial charge in [-0.25, -0.2) is 0 Å². The quantitative estimate of drug-likeness (QED) is 0.591. The molecule has 0 N–H and O–H groups in total. The van der Waals surface area contributed by atoms with Crippen LogP contribution in [0.5, 0.6) is 0 Å². The fourth-order valence-corrected chi connectivity index (χ4v) is 2.19. The van der Waals surface area contributed by atoms with E-state index in [2.05, 4.69) is 0 Å². The molecule has 1 aromatic rings. The second-order valence-corrected chi connectivity index (χ2v) is 5.15. The van der Waals surface area contributed by atoms with Crippen molar-refractivity contribution in [2.24, 2.45) is 0 Å². The minimum Gasteiger partial charge on any atom is -0.263 e. The maximum atomic E-state index is 11.7. The Hall–Kier alpha value is -0.870. The number of hydrogen-bond donors (Lipinski definition) is 0. The predicted molar refractivity (Wildman–Crippen MR) is 59.2 cm³/mol. The van der Waals surface area contributed by atoms with Crippen LogP contribution in [0, 0.1) is 6.92 Å². The van der Waals surface area contributed by atoms with Gasteiger partial charge in [0.2, 0.25) is 0 Å². The molecule has 0 amide bonds. The Morgan fingerprint density at radius 3 is 2.27 bits per heavy atom. The molecular formula is C11H16O3S. The van der Waals surface area contributed by atoms with Gasteiger partial charge in [-0.1, -0.05) is 24.6 Å². The molecule has 1 rings (SSSR count). The van der Waals surface area contributed by atoms with Gasteiger partial charge in [0.15, 0.2) is 0 Å². The molecule has 0 saturated heterocycles. The van der Waals surface area contributed by atoms with Crippen LogP contribution in [0.3, 0.4) is 0 Å². The Balaban J connectivity index is 2.91. The van der Waals surface area contributed by atoms with E-state index in [1.807, 2.05) is 13.8 Å². The van der Waals surface area contributed by atoms with Crippen LogP contribution in [-0.4, -0.2) is 14.5 Å². The van der Waals surface area contributed by atoms with Crippen LogP contribution < -0.4 is 0 Å². The lowest BCUT2D eigenvalue weighted by Crippen LogP contribution is -2.14. The first-order valence-corrected chi connectivity index (χ1v) is 6.36. The van der Waals surface area contributed by atoms with Crippen LogP contribution in [0.15, 0.2) is 29.2 Å². The van der Waals surface area contributed by atoms with Crippen molar-refractivity contribution in [2.45, 2.75) is 38.2 Å². The minimum absolute atomic E-state index is 0.216. The predicted octanol–water partition coefficient (Wildman–Crippen LogP) is 2.50. The van der Waals surface area contributed by atoms with Crippen molar-refractivity contribution in [3.63, 3.8) is 0 Å². The van der Waals surface area contributed by atoms with Gasteiger partial charge in [0.1, 0.15) is 0 Å². The average Bonchev–Trinajstić information content (AvgIpc) is 2.17. The number of hydrogen-bond acceptors (Lipinski definition) is 3. The highest BCUT2D eigenvalue weighted by molar-refractivity contribution is 7.86. The van der Waals surface area contributed by atoms with Crippen LogP contribution in [0.1, 0.15) is 25.8 Å². The zero-order chi connectivity index (χ0) is 11.5. The zero-order valence-electron chi connectivity index (χ0n) is 9.23. The highest BCUT2D eigenvalue weighted by Gasteiger charge is 2.17. The summed E-state index contributed by atoms with van der Waals surface area (Å²) < 4.78 is 28.4. The Morgan fingerprint density at radius 2 is 1.80 bits per heavy atom. The summed E-state index contributed by atoms with van der Waals surface area (Å²) >= 11 is 0. The summed E-state index contributed by atoms with van der Waals surface area (Å²) in [4.78, 5) is 0.216. The lowest BCUT2D eigenvalue weighted by molar-refractivity contribution is 0.224. The molecule has 1 atom stereocenters. The van der Waals surface area contributed by atoms with E-state index in [1.165, 1.54) is 0 Å². The molecule has 0 aromatic heterocycles. The van der Waals surface area contributed by atoms with Crippen molar-refractivity contribution in [3.05, 3.63) is 29.8 Å². The average molecular weight is 232 g/mol. The lowest BCUT2D eigenvalue weighted by Gasteiger charge is -2.10. The van der Waals surface area contributed by atoms with E-state index in [0.29, 0.717) is 6.42 Å². The van der Waals surface area contributed by atoms with Crippen molar-refractivity contribution in [1.29, 1.82) is 0 Å². The fourth-order valence-electron chi connectivity index (χ4n) is 1.04. The molecule has 0 aliphatic heterocycles. The molecule has 15 heavy (non-hydrogen) atoms. The van der Waals surface area contributed by atoms with Gasteiger partial charge < -0.3 is 0 Å². The van der Waals surface area contributed by atoms with Gasteiger partial charge in [-0.2, -0.15) is 8.42 Å². The number of rotatable bonds is 4. The van der Waals surface area contributed by atoms with Gasteiger partial charge >= 0.3 is 0 Å². The van der Waals surface area contributed by atoms with Gasteiger partial charge in [-0.3, -0.25) is 4.18 Å².